The van der Waals surface area contributed by atoms with Gasteiger partial charge < -0.3 is 20.1 Å². The highest BCUT2D eigenvalue weighted by Gasteiger charge is 2.16. The number of likely N-dealkylation sites (N-methyl/N-ethyl adjacent to an activating group) is 1. The first-order valence-electron chi connectivity index (χ1n) is 6.13. The number of nitrogens with zero attached hydrogens (tertiary/aromatic N) is 1. The van der Waals surface area contributed by atoms with Crippen molar-refractivity contribution in [3.05, 3.63) is 28.2 Å². The zero-order valence-electron chi connectivity index (χ0n) is 10.5. The molecule has 100 valence electrons. The van der Waals surface area contributed by atoms with Gasteiger partial charge in [-0.3, -0.25) is 0 Å². The maximum Gasteiger partial charge on any atom is 0.129 e. The monoisotopic (exact) mass is 314 g/mol. The fraction of sp³-hybridized carbons (Fsp3) is 0.538. The first kappa shape index (κ1) is 13.8. The number of phenols is 1. The van der Waals surface area contributed by atoms with Crippen molar-refractivity contribution in [1.29, 1.82) is 0 Å². The van der Waals surface area contributed by atoms with Crippen LogP contribution in [0.5, 0.6) is 5.75 Å². The summed E-state index contributed by atoms with van der Waals surface area (Å²) in [6, 6.07) is 5.54. The molecule has 4 nitrogen and oxygen atoms in total. The van der Waals surface area contributed by atoms with Gasteiger partial charge in [0, 0.05) is 26.2 Å². The summed E-state index contributed by atoms with van der Waals surface area (Å²) >= 11 is 3.31. The van der Waals surface area contributed by atoms with Crippen LogP contribution in [0.15, 0.2) is 22.7 Å². The van der Waals surface area contributed by atoms with Crippen LogP contribution >= 0.6 is 15.9 Å². The highest BCUT2D eigenvalue weighted by Crippen LogP contribution is 2.24. The number of benzene rings is 1. The smallest absolute Gasteiger partial charge is 0.129 e. The molecule has 5 heteroatoms. The molecule has 1 unspecified atom stereocenters. The van der Waals surface area contributed by atoms with Crippen LogP contribution in [-0.2, 0) is 11.3 Å². The van der Waals surface area contributed by atoms with E-state index in [-0.39, 0.29) is 11.9 Å². The van der Waals surface area contributed by atoms with Crippen LogP contribution < -0.4 is 5.32 Å². The van der Waals surface area contributed by atoms with E-state index >= 15 is 0 Å². The molecule has 18 heavy (non-hydrogen) atoms. The highest BCUT2D eigenvalue weighted by molar-refractivity contribution is 9.10. The lowest BCUT2D eigenvalue weighted by Gasteiger charge is -2.30. The number of hydrogen-bond donors (Lipinski definition) is 2. The Bertz CT molecular complexity index is 401. The number of halogens is 1. The number of hydrogen-bond acceptors (Lipinski definition) is 4. The SMILES string of the molecule is CN1CCOC(CNCc2ccc(O)c(Br)c2)C1. The molecule has 2 rings (SSSR count). The molecule has 1 aliphatic rings. The normalized spacial score (nSPS) is 21.1. The zero-order valence-corrected chi connectivity index (χ0v) is 12.1. The Morgan fingerprint density at radius 2 is 2.39 bits per heavy atom. The molecule has 1 atom stereocenters. The average Bonchev–Trinajstić information content (AvgIpc) is 2.34. The number of morpholine rings is 1. The van der Waals surface area contributed by atoms with Gasteiger partial charge >= 0.3 is 0 Å². The van der Waals surface area contributed by atoms with Crippen molar-refractivity contribution in [2.45, 2.75) is 12.6 Å². The van der Waals surface area contributed by atoms with Crippen LogP contribution in [0.4, 0.5) is 0 Å². The van der Waals surface area contributed by atoms with Crippen LogP contribution in [-0.4, -0.2) is 49.4 Å². The Balaban J connectivity index is 1.76. The van der Waals surface area contributed by atoms with Crippen molar-refractivity contribution >= 4 is 15.9 Å². The lowest BCUT2D eigenvalue weighted by molar-refractivity contribution is -0.0182. The molecule has 0 amide bonds. The molecule has 1 aromatic carbocycles. The zero-order chi connectivity index (χ0) is 13.0. The van der Waals surface area contributed by atoms with Crippen LogP contribution in [0.3, 0.4) is 0 Å². The van der Waals surface area contributed by atoms with E-state index in [4.69, 9.17) is 4.74 Å². The van der Waals surface area contributed by atoms with Crippen molar-refractivity contribution in [3.8, 4) is 5.75 Å². The first-order chi connectivity index (χ1) is 8.65. The van der Waals surface area contributed by atoms with Crippen molar-refractivity contribution in [3.63, 3.8) is 0 Å². The molecule has 0 aromatic heterocycles. The average molecular weight is 315 g/mol. The van der Waals surface area contributed by atoms with Gasteiger partial charge in [-0.05, 0) is 40.7 Å². The fourth-order valence-electron chi connectivity index (χ4n) is 2.03. The summed E-state index contributed by atoms with van der Waals surface area (Å²) in [7, 11) is 2.12. The van der Waals surface area contributed by atoms with E-state index in [0.29, 0.717) is 0 Å². The summed E-state index contributed by atoms with van der Waals surface area (Å²) in [5, 5.41) is 12.8. The summed E-state index contributed by atoms with van der Waals surface area (Å²) in [5.41, 5.74) is 1.14. The van der Waals surface area contributed by atoms with Gasteiger partial charge in [-0.2, -0.15) is 0 Å². The van der Waals surface area contributed by atoms with Crippen LogP contribution in [0, 0.1) is 0 Å². The Morgan fingerprint density at radius 1 is 1.56 bits per heavy atom. The second-order valence-electron chi connectivity index (χ2n) is 4.67. The Labute approximate surface area is 116 Å². The van der Waals surface area contributed by atoms with E-state index in [9.17, 15) is 5.11 Å². The Hall–Kier alpha value is -0.620. The van der Waals surface area contributed by atoms with Gasteiger partial charge in [0.05, 0.1) is 17.2 Å². The quantitative estimate of drug-likeness (QED) is 0.885. The third-order valence-corrected chi connectivity index (χ3v) is 3.69. The molecule has 0 bridgehead atoms. The van der Waals surface area contributed by atoms with Crippen molar-refractivity contribution < 1.29 is 9.84 Å². The number of phenolic OH excluding ortho intramolecular Hbond substituents is 1. The predicted molar refractivity (Wildman–Crippen MR) is 74.8 cm³/mol. The van der Waals surface area contributed by atoms with E-state index in [1.807, 2.05) is 12.1 Å². The minimum Gasteiger partial charge on any atom is -0.507 e. The highest BCUT2D eigenvalue weighted by atomic mass is 79.9. The van der Waals surface area contributed by atoms with Crippen molar-refractivity contribution in [2.75, 3.05) is 33.3 Å². The van der Waals surface area contributed by atoms with E-state index in [2.05, 4.69) is 33.2 Å². The van der Waals surface area contributed by atoms with Gasteiger partial charge in [-0.25, -0.2) is 0 Å². The van der Waals surface area contributed by atoms with Gasteiger partial charge in [0.2, 0.25) is 0 Å². The largest absolute Gasteiger partial charge is 0.507 e. The second kappa shape index (κ2) is 6.52. The molecule has 1 aromatic rings. The molecule has 0 spiro atoms. The van der Waals surface area contributed by atoms with Gasteiger partial charge in [0.15, 0.2) is 0 Å². The lowest BCUT2D eigenvalue weighted by Crippen LogP contribution is -2.44. The Morgan fingerprint density at radius 3 is 3.11 bits per heavy atom. The van der Waals surface area contributed by atoms with E-state index in [1.54, 1.807) is 6.07 Å². The van der Waals surface area contributed by atoms with Gasteiger partial charge in [-0.1, -0.05) is 6.07 Å². The van der Waals surface area contributed by atoms with E-state index in [0.717, 1.165) is 42.8 Å². The van der Waals surface area contributed by atoms with Gasteiger partial charge in [-0.15, -0.1) is 0 Å². The van der Waals surface area contributed by atoms with Gasteiger partial charge in [0.25, 0.3) is 0 Å². The summed E-state index contributed by atoms with van der Waals surface area (Å²) in [6.45, 7) is 4.44. The predicted octanol–water partition coefficient (Wildman–Crippen LogP) is 1.57. The standard InChI is InChI=1S/C13H19BrN2O2/c1-16-4-5-18-11(9-16)8-15-7-10-2-3-13(17)12(14)6-10/h2-3,6,11,15,17H,4-5,7-9H2,1H3. The molecule has 1 heterocycles. The summed E-state index contributed by atoms with van der Waals surface area (Å²) in [5.74, 6) is 0.274. The van der Waals surface area contributed by atoms with Crippen LogP contribution in [0.2, 0.25) is 0 Å². The molecule has 1 saturated heterocycles. The van der Waals surface area contributed by atoms with Crippen molar-refractivity contribution in [2.24, 2.45) is 0 Å². The minimum atomic E-state index is 0.268. The molecule has 1 fully saturated rings. The number of nitrogens with one attached hydrogen (secondary N) is 1. The second-order valence-corrected chi connectivity index (χ2v) is 5.53. The summed E-state index contributed by atoms with van der Waals surface area (Å²) < 4.78 is 6.41. The number of rotatable bonds is 4. The maximum atomic E-state index is 9.41. The topological polar surface area (TPSA) is 44.7 Å². The van der Waals surface area contributed by atoms with Crippen LogP contribution in [0.1, 0.15) is 5.56 Å². The number of ether oxygens (including phenoxy) is 1. The Kier molecular flexibility index (Phi) is 5.00. The number of aromatic hydroxyl groups is 1. The van der Waals surface area contributed by atoms with Gasteiger partial charge in [0.1, 0.15) is 5.75 Å². The molecule has 1 aliphatic heterocycles. The molecular weight excluding hydrogens is 296 g/mol. The molecule has 0 saturated carbocycles. The first-order valence-corrected chi connectivity index (χ1v) is 6.92. The fourth-order valence-corrected chi connectivity index (χ4v) is 2.45. The molecular formula is C13H19BrN2O2. The van der Waals surface area contributed by atoms with Crippen LogP contribution in [0.25, 0.3) is 0 Å². The third kappa shape index (κ3) is 3.95. The molecule has 2 N–H and O–H groups in total. The third-order valence-electron chi connectivity index (χ3n) is 3.06. The molecule has 0 aliphatic carbocycles. The minimum absolute atomic E-state index is 0.268. The van der Waals surface area contributed by atoms with E-state index < -0.39 is 0 Å². The summed E-state index contributed by atoms with van der Waals surface area (Å²) in [4.78, 5) is 2.28. The van der Waals surface area contributed by atoms with E-state index in [1.165, 1.54) is 0 Å². The summed E-state index contributed by atoms with van der Waals surface area (Å²) in [6.07, 6.45) is 0.268. The maximum absolute atomic E-state index is 9.41. The lowest BCUT2D eigenvalue weighted by atomic mass is 10.2. The van der Waals surface area contributed by atoms with Crippen molar-refractivity contribution in [1.82, 2.24) is 10.2 Å². The molecule has 0 radical (unpaired) electrons.